The Morgan fingerprint density at radius 1 is 1.12 bits per heavy atom. The zero-order valence-corrected chi connectivity index (χ0v) is 14.7. The molecule has 6 nitrogen and oxygen atoms in total. The topological polar surface area (TPSA) is 60.1 Å². The first kappa shape index (κ1) is 15.6. The molecule has 0 N–H and O–H groups in total. The number of carbonyl (C=O) groups is 1. The molecule has 0 saturated carbocycles. The molecule has 0 fully saturated rings. The molecule has 0 bridgehead atoms. The Hall–Kier alpha value is -2.93. The van der Waals surface area contributed by atoms with Gasteiger partial charge >= 0.3 is 5.69 Å². The quantitative estimate of drug-likeness (QED) is 0.569. The smallest absolute Gasteiger partial charge is 0.295 e. The highest BCUT2D eigenvalue weighted by Crippen LogP contribution is 2.28. The zero-order valence-electron chi connectivity index (χ0n) is 13.8. The van der Waals surface area contributed by atoms with Crippen molar-refractivity contribution in [2.45, 2.75) is 6.54 Å². The summed E-state index contributed by atoms with van der Waals surface area (Å²) in [6.45, 7) is -0.0212. The molecule has 1 amide bonds. The van der Waals surface area contributed by atoms with Gasteiger partial charge in [-0.15, -0.1) is 0 Å². The molecule has 0 aliphatic rings. The minimum Gasteiger partial charge on any atom is -0.295 e. The second kappa shape index (κ2) is 5.86. The highest BCUT2D eigenvalue weighted by atomic mass is 32.1. The number of nitrogens with zero attached hydrogens (tertiary/aromatic N) is 4. The number of likely N-dealkylation sites (N-methyl/N-ethyl adjacent to an activating group) is 1. The minimum atomic E-state index is -0.202. The average Bonchev–Trinajstić information content (AvgIpc) is 3.17. The number of amides is 1. The van der Waals surface area contributed by atoms with Crippen LogP contribution in [0.2, 0.25) is 0 Å². The van der Waals surface area contributed by atoms with Crippen LogP contribution < -0.4 is 10.6 Å². The number of aryl methyl sites for hydroxylation is 1. The van der Waals surface area contributed by atoms with Crippen LogP contribution in [-0.4, -0.2) is 27.1 Å². The van der Waals surface area contributed by atoms with Gasteiger partial charge < -0.3 is 0 Å². The molecule has 0 spiro atoms. The van der Waals surface area contributed by atoms with E-state index >= 15 is 0 Å². The van der Waals surface area contributed by atoms with Crippen LogP contribution in [0.3, 0.4) is 0 Å². The van der Waals surface area contributed by atoms with E-state index in [1.807, 2.05) is 48.5 Å². The number of thiazole rings is 1. The molecule has 4 aromatic rings. The summed E-state index contributed by atoms with van der Waals surface area (Å²) < 4.78 is 4.08. The molecule has 0 aliphatic carbocycles. The van der Waals surface area contributed by atoms with Gasteiger partial charge in [0.2, 0.25) is 5.91 Å². The molecule has 2 aromatic heterocycles. The van der Waals surface area contributed by atoms with E-state index in [1.165, 1.54) is 20.8 Å². The average molecular weight is 352 g/mol. The van der Waals surface area contributed by atoms with Crippen LogP contribution in [-0.2, 0) is 18.4 Å². The Bertz CT molecular complexity index is 1120. The number of aromatic nitrogens is 3. The van der Waals surface area contributed by atoms with E-state index in [0.29, 0.717) is 5.13 Å². The second-order valence-corrected chi connectivity index (χ2v) is 6.84. The Labute approximate surface area is 147 Å². The fourth-order valence-electron chi connectivity index (χ4n) is 2.87. The van der Waals surface area contributed by atoms with Crippen LogP contribution in [0.25, 0.3) is 21.3 Å². The standard InChI is InChI=1S/C18H16N4O2S/c1-20-13-8-4-5-9-14(13)22(18(20)24)11-16(23)21(2)17-19-12-7-3-6-10-15(12)25-17/h3-10H,11H2,1-2H3. The number of imidazole rings is 1. The fourth-order valence-corrected chi connectivity index (χ4v) is 3.81. The number of fused-ring (bicyclic) bond motifs is 2. The summed E-state index contributed by atoms with van der Waals surface area (Å²) >= 11 is 1.46. The number of anilines is 1. The second-order valence-electron chi connectivity index (χ2n) is 5.83. The molecule has 0 saturated heterocycles. The Kier molecular flexibility index (Phi) is 3.65. The van der Waals surface area contributed by atoms with Gasteiger partial charge in [-0.25, -0.2) is 9.78 Å². The van der Waals surface area contributed by atoms with Crippen molar-refractivity contribution in [3.63, 3.8) is 0 Å². The minimum absolute atomic E-state index is 0.0212. The van der Waals surface area contributed by atoms with Crippen LogP contribution in [0.5, 0.6) is 0 Å². The van der Waals surface area contributed by atoms with Crippen molar-refractivity contribution in [1.29, 1.82) is 0 Å². The maximum Gasteiger partial charge on any atom is 0.329 e. The lowest BCUT2D eigenvalue weighted by atomic mass is 10.3. The molecule has 25 heavy (non-hydrogen) atoms. The van der Waals surface area contributed by atoms with Crippen molar-refractivity contribution >= 4 is 43.6 Å². The van der Waals surface area contributed by atoms with Crippen molar-refractivity contribution in [1.82, 2.24) is 14.1 Å². The lowest BCUT2D eigenvalue weighted by Gasteiger charge is -2.14. The number of hydrogen-bond acceptors (Lipinski definition) is 4. The Balaban J connectivity index is 1.68. The molecule has 0 aliphatic heterocycles. The number of hydrogen-bond donors (Lipinski definition) is 0. The maximum absolute atomic E-state index is 12.7. The number of carbonyl (C=O) groups excluding carboxylic acids is 1. The molecule has 0 atom stereocenters. The first-order valence-electron chi connectivity index (χ1n) is 7.82. The highest BCUT2D eigenvalue weighted by Gasteiger charge is 2.19. The summed E-state index contributed by atoms with van der Waals surface area (Å²) in [6, 6.07) is 15.2. The SMILES string of the molecule is CN(C(=O)Cn1c(=O)n(C)c2ccccc21)c1nc2ccccc2s1. The molecule has 0 radical (unpaired) electrons. The van der Waals surface area contributed by atoms with Gasteiger partial charge in [0.05, 0.1) is 21.3 Å². The third kappa shape index (κ3) is 2.53. The zero-order chi connectivity index (χ0) is 17.6. The largest absolute Gasteiger partial charge is 0.329 e. The van der Waals surface area contributed by atoms with Crippen LogP contribution >= 0.6 is 11.3 Å². The van der Waals surface area contributed by atoms with E-state index in [2.05, 4.69) is 4.98 Å². The number of para-hydroxylation sites is 3. The van der Waals surface area contributed by atoms with E-state index < -0.39 is 0 Å². The van der Waals surface area contributed by atoms with Gasteiger partial charge in [-0.1, -0.05) is 35.6 Å². The Morgan fingerprint density at radius 2 is 1.80 bits per heavy atom. The van der Waals surface area contributed by atoms with Crippen LogP contribution in [0.15, 0.2) is 53.3 Å². The van der Waals surface area contributed by atoms with Crippen molar-refractivity contribution in [3.05, 3.63) is 59.0 Å². The summed E-state index contributed by atoms with van der Waals surface area (Å²) in [5.41, 5.74) is 2.22. The fraction of sp³-hybridized carbons (Fsp3) is 0.167. The first-order valence-corrected chi connectivity index (χ1v) is 8.64. The highest BCUT2D eigenvalue weighted by molar-refractivity contribution is 7.22. The van der Waals surface area contributed by atoms with Crippen LogP contribution in [0.4, 0.5) is 5.13 Å². The van der Waals surface area contributed by atoms with E-state index in [1.54, 1.807) is 18.7 Å². The third-order valence-corrected chi connectivity index (χ3v) is 5.40. The monoisotopic (exact) mass is 352 g/mol. The third-order valence-electron chi connectivity index (χ3n) is 4.29. The lowest BCUT2D eigenvalue weighted by Crippen LogP contribution is -2.34. The van der Waals surface area contributed by atoms with E-state index in [4.69, 9.17) is 0 Å². The van der Waals surface area contributed by atoms with E-state index in [-0.39, 0.29) is 18.1 Å². The van der Waals surface area contributed by atoms with Crippen molar-refractivity contribution in [2.24, 2.45) is 7.05 Å². The number of benzene rings is 2. The van der Waals surface area contributed by atoms with Crippen LogP contribution in [0.1, 0.15) is 0 Å². The summed E-state index contributed by atoms with van der Waals surface area (Å²) in [7, 11) is 3.40. The van der Waals surface area contributed by atoms with Gasteiger partial charge in [-0.05, 0) is 24.3 Å². The molecule has 126 valence electrons. The molecular weight excluding hydrogens is 336 g/mol. The first-order chi connectivity index (χ1) is 12.1. The summed E-state index contributed by atoms with van der Waals surface area (Å²) in [6.07, 6.45) is 0. The van der Waals surface area contributed by atoms with Crippen molar-refractivity contribution in [2.75, 3.05) is 11.9 Å². The molecule has 2 heterocycles. The van der Waals surface area contributed by atoms with Gasteiger partial charge in [0.1, 0.15) is 6.54 Å². The normalized spacial score (nSPS) is 11.3. The van der Waals surface area contributed by atoms with Crippen LogP contribution in [0, 0.1) is 0 Å². The van der Waals surface area contributed by atoms with Gasteiger partial charge in [0, 0.05) is 14.1 Å². The molecule has 0 unspecified atom stereocenters. The molecular formula is C18H16N4O2S. The van der Waals surface area contributed by atoms with Gasteiger partial charge in [0.25, 0.3) is 0 Å². The van der Waals surface area contributed by atoms with Crippen molar-refractivity contribution < 1.29 is 4.79 Å². The van der Waals surface area contributed by atoms with Crippen molar-refractivity contribution in [3.8, 4) is 0 Å². The van der Waals surface area contributed by atoms with Gasteiger partial charge in [0.15, 0.2) is 5.13 Å². The van der Waals surface area contributed by atoms with E-state index in [9.17, 15) is 9.59 Å². The maximum atomic E-state index is 12.7. The molecule has 7 heteroatoms. The van der Waals surface area contributed by atoms with Gasteiger partial charge in [-0.2, -0.15) is 0 Å². The predicted octanol–water partition coefficient (Wildman–Crippen LogP) is 2.61. The predicted molar refractivity (Wildman–Crippen MR) is 100 cm³/mol. The number of rotatable bonds is 3. The van der Waals surface area contributed by atoms with E-state index in [0.717, 1.165) is 21.3 Å². The summed E-state index contributed by atoms with van der Waals surface area (Å²) in [5, 5.41) is 0.625. The molecule has 2 aromatic carbocycles. The Morgan fingerprint density at radius 3 is 2.56 bits per heavy atom. The lowest BCUT2D eigenvalue weighted by molar-refractivity contribution is -0.118. The summed E-state index contributed by atoms with van der Waals surface area (Å²) in [5.74, 6) is -0.183. The molecule has 4 rings (SSSR count). The summed E-state index contributed by atoms with van der Waals surface area (Å²) in [4.78, 5) is 31.2. The van der Waals surface area contributed by atoms with Gasteiger partial charge in [-0.3, -0.25) is 18.8 Å².